The molecule has 2 N–H and O–H groups in total. The molecule has 22 heavy (non-hydrogen) atoms. The topological polar surface area (TPSA) is 66.4 Å². The Hall–Kier alpha value is -2.88. The van der Waals surface area contributed by atoms with Crippen LogP contribution >= 0.6 is 0 Å². The summed E-state index contributed by atoms with van der Waals surface area (Å²) in [6.45, 7) is 0. The van der Waals surface area contributed by atoms with E-state index >= 15 is 0 Å². The molecule has 0 fully saturated rings. The highest BCUT2D eigenvalue weighted by Gasteiger charge is 2.03. The van der Waals surface area contributed by atoms with Gasteiger partial charge in [-0.05, 0) is 35.8 Å². The van der Waals surface area contributed by atoms with Crippen LogP contribution in [0, 0.1) is 0 Å². The lowest BCUT2D eigenvalue weighted by Crippen LogP contribution is -2.12. The molecule has 0 aromatic heterocycles. The van der Waals surface area contributed by atoms with Crippen LogP contribution in [0.25, 0.3) is 6.08 Å². The Morgan fingerprint density at radius 3 is 2.32 bits per heavy atom. The minimum Gasteiger partial charge on any atom is -0.478 e. The fourth-order valence-corrected chi connectivity index (χ4v) is 1.97. The van der Waals surface area contributed by atoms with Gasteiger partial charge in [0.25, 0.3) is 0 Å². The highest BCUT2D eigenvalue weighted by molar-refractivity contribution is 5.91. The van der Waals surface area contributed by atoms with Gasteiger partial charge in [0.1, 0.15) is 0 Å². The molecule has 0 unspecified atom stereocenters. The molecule has 0 spiro atoms. The quantitative estimate of drug-likeness (QED) is 0.803. The molecule has 2 rings (SSSR count). The number of nitrogens with one attached hydrogen (secondary N) is 1. The first-order valence-corrected chi connectivity index (χ1v) is 6.98. The third-order valence-corrected chi connectivity index (χ3v) is 3.10. The van der Waals surface area contributed by atoms with Crippen molar-refractivity contribution in [3.05, 3.63) is 71.8 Å². The van der Waals surface area contributed by atoms with E-state index in [1.165, 1.54) is 6.08 Å². The van der Waals surface area contributed by atoms with Crippen molar-refractivity contribution in [2.45, 2.75) is 12.8 Å². The number of carbonyl (C=O) groups excluding carboxylic acids is 1. The van der Waals surface area contributed by atoms with Crippen LogP contribution in [0.1, 0.15) is 17.5 Å². The molecule has 0 radical (unpaired) electrons. The largest absolute Gasteiger partial charge is 0.478 e. The van der Waals surface area contributed by atoms with Crippen molar-refractivity contribution in [2.24, 2.45) is 0 Å². The van der Waals surface area contributed by atoms with E-state index in [0.29, 0.717) is 18.5 Å². The van der Waals surface area contributed by atoms with Gasteiger partial charge in [0, 0.05) is 18.2 Å². The van der Waals surface area contributed by atoms with E-state index in [2.05, 4.69) is 5.32 Å². The number of aliphatic carboxylic acids is 1. The number of aryl methyl sites for hydroxylation is 1. The molecule has 1 amide bonds. The summed E-state index contributed by atoms with van der Waals surface area (Å²) >= 11 is 0. The van der Waals surface area contributed by atoms with E-state index in [0.717, 1.165) is 17.2 Å². The molecule has 0 saturated carbocycles. The summed E-state index contributed by atoms with van der Waals surface area (Å²) < 4.78 is 0. The Kier molecular flexibility index (Phi) is 5.49. The first-order chi connectivity index (χ1) is 10.6. The van der Waals surface area contributed by atoms with Crippen LogP contribution in [0.3, 0.4) is 0 Å². The molecule has 2 aromatic rings. The third kappa shape index (κ3) is 5.25. The number of rotatable bonds is 6. The molecule has 0 bridgehead atoms. The Balaban J connectivity index is 1.85. The van der Waals surface area contributed by atoms with Gasteiger partial charge >= 0.3 is 5.97 Å². The Morgan fingerprint density at radius 1 is 1.00 bits per heavy atom. The summed E-state index contributed by atoms with van der Waals surface area (Å²) in [7, 11) is 0. The number of benzene rings is 2. The van der Waals surface area contributed by atoms with E-state index in [1.807, 2.05) is 30.3 Å². The fraction of sp³-hybridized carbons (Fsp3) is 0.111. The number of hydrogen-bond donors (Lipinski definition) is 2. The zero-order valence-corrected chi connectivity index (χ0v) is 12.0. The molecule has 112 valence electrons. The van der Waals surface area contributed by atoms with Crippen molar-refractivity contribution in [1.29, 1.82) is 0 Å². The molecule has 0 aliphatic carbocycles. The zero-order valence-electron chi connectivity index (χ0n) is 12.0. The van der Waals surface area contributed by atoms with Crippen molar-refractivity contribution in [1.82, 2.24) is 0 Å². The van der Waals surface area contributed by atoms with Gasteiger partial charge in [-0.25, -0.2) is 4.79 Å². The third-order valence-electron chi connectivity index (χ3n) is 3.10. The van der Waals surface area contributed by atoms with Gasteiger partial charge in [-0.15, -0.1) is 0 Å². The minimum absolute atomic E-state index is 0.0438. The maximum atomic E-state index is 11.9. The molecule has 0 aliphatic heterocycles. The molecule has 0 aliphatic rings. The molecular weight excluding hydrogens is 278 g/mol. The average molecular weight is 295 g/mol. The summed E-state index contributed by atoms with van der Waals surface area (Å²) in [6.07, 6.45) is 3.70. The van der Waals surface area contributed by atoms with Gasteiger partial charge in [-0.3, -0.25) is 4.79 Å². The maximum Gasteiger partial charge on any atom is 0.328 e. The number of carbonyl (C=O) groups is 2. The van der Waals surface area contributed by atoms with Gasteiger partial charge in [-0.2, -0.15) is 0 Å². The van der Waals surface area contributed by atoms with Gasteiger partial charge in [0.2, 0.25) is 5.91 Å². The highest BCUT2D eigenvalue weighted by atomic mass is 16.4. The van der Waals surface area contributed by atoms with E-state index in [9.17, 15) is 9.59 Å². The van der Waals surface area contributed by atoms with E-state index in [1.54, 1.807) is 24.3 Å². The van der Waals surface area contributed by atoms with Crippen molar-refractivity contribution < 1.29 is 14.7 Å². The molecule has 2 aromatic carbocycles. The summed E-state index contributed by atoms with van der Waals surface area (Å²) in [6, 6.07) is 16.9. The smallest absolute Gasteiger partial charge is 0.328 e. The molecule has 4 heteroatoms. The lowest BCUT2D eigenvalue weighted by molar-refractivity contribution is -0.131. The number of carboxylic acid groups (broad SMARTS) is 1. The Morgan fingerprint density at radius 2 is 1.68 bits per heavy atom. The molecule has 0 heterocycles. The Labute approximate surface area is 129 Å². The van der Waals surface area contributed by atoms with Crippen LogP contribution in [-0.2, 0) is 16.0 Å². The maximum absolute atomic E-state index is 11.9. The molecule has 0 saturated heterocycles. The second kappa shape index (κ2) is 7.78. The summed E-state index contributed by atoms with van der Waals surface area (Å²) in [5.41, 5.74) is 2.60. The lowest BCUT2D eigenvalue weighted by Gasteiger charge is -2.05. The van der Waals surface area contributed by atoms with Gasteiger partial charge in [0.05, 0.1) is 0 Å². The van der Waals surface area contributed by atoms with E-state index in [4.69, 9.17) is 5.11 Å². The normalized spacial score (nSPS) is 10.5. The minimum atomic E-state index is -0.988. The van der Waals surface area contributed by atoms with Crippen LogP contribution in [0.2, 0.25) is 0 Å². The van der Waals surface area contributed by atoms with Gasteiger partial charge in [-0.1, -0.05) is 42.5 Å². The average Bonchev–Trinajstić information content (AvgIpc) is 2.53. The van der Waals surface area contributed by atoms with Crippen LogP contribution in [0.4, 0.5) is 5.69 Å². The van der Waals surface area contributed by atoms with Crippen LogP contribution in [0.15, 0.2) is 60.7 Å². The second-order valence-electron chi connectivity index (χ2n) is 4.83. The lowest BCUT2D eigenvalue weighted by atomic mass is 10.1. The monoisotopic (exact) mass is 295 g/mol. The summed E-state index contributed by atoms with van der Waals surface area (Å²) in [5.74, 6) is -1.03. The van der Waals surface area contributed by atoms with Gasteiger partial charge in [0.15, 0.2) is 0 Å². The fourth-order valence-electron chi connectivity index (χ4n) is 1.97. The van der Waals surface area contributed by atoms with Crippen molar-refractivity contribution in [2.75, 3.05) is 5.32 Å². The molecule has 4 nitrogen and oxygen atoms in total. The van der Waals surface area contributed by atoms with E-state index < -0.39 is 5.97 Å². The zero-order chi connectivity index (χ0) is 15.8. The SMILES string of the molecule is O=C(O)/C=C/c1ccc(NC(=O)CCc2ccccc2)cc1. The predicted octanol–water partition coefficient (Wildman–Crippen LogP) is 3.36. The van der Waals surface area contributed by atoms with Crippen LogP contribution < -0.4 is 5.32 Å². The summed E-state index contributed by atoms with van der Waals surface area (Å²) in [5, 5.41) is 11.4. The number of anilines is 1. The van der Waals surface area contributed by atoms with E-state index in [-0.39, 0.29) is 5.91 Å². The second-order valence-corrected chi connectivity index (χ2v) is 4.83. The highest BCUT2D eigenvalue weighted by Crippen LogP contribution is 2.12. The summed E-state index contributed by atoms with van der Waals surface area (Å²) in [4.78, 5) is 22.3. The predicted molar refractivity (Wildman–Crippen MR) is 86.5 cm³/mol. The number of hydrogen-bond acceptors (Lipinski definition) is 2. The van der Waals surface area contributed by atoms with Crippen LogP contribution in [-0.4, -0.2) is 17.0 Å². The van der Waals surface area contributed by atoms with Gasteiger partial charge < -0.3 is 10.4 Å². The van der Waals surface area contributed by atoms with Crippen molar-refractivity contribution >= 4 is 23.6 Å². The van der Waals surface area contributed by atoms with Crippen LogP contribution in [0.5, 0.6) is 0 Å². The number of amides is 1. The molecular formula is C18H17NO3. The Bertz CT molecular complexity index is 660. The first kappa shape index (κ1) is 15.5. The first-order valence-electron chi connectivity index (χ1n) is 6.98. The van der Waals surface area contributed by atoms with Crippen molar-refractivity contribution in [3.8, 4) is 0 Å². The standard InChI is InChI=1S/C18H17NO3/c20-17(12-8-14-4-2-1-3-5-14)19-16-10-6-15(7-11-16)9-13-18(21)22/h1-7,9-11,13H,8,12H2,(H,19,20)(H,21,22)/b13-9+. The van der Waals surface area contributed by atoms with Crippen molar-refractivity contribution in [3.63, 3.8) is 0 Å². The number of carboxylic acids is 1. The molecule has 0 atom stereocenters.